The zero-order valence-electron chi connectivity index (χ0n) is 18.7. The molecule has 0 atom stereocenters. The van der Waals surface area contributed by atoms with E-state index in [1.54, 1.807) is 24.3 Å². The number of amides is 1. The second-order valence-electron chi connectivity index (χ2n) is 8.86. The average Bonchev–Trinajstić information content (AvgIpc) is 2.80. The van der Waals surface area contributed by atoms with Crippen molar-refractivity contribution in [1.82, 2.24) is 14.9 Å². The van der Waals surface area contributed by atoms with Gasteiger partial charge in [0.05, 0.1) is 38.7 Å². The number of esters is 1. The number of hydrogen-bond acceptors (Lipinski definition) is 9. The number of morpholine rings is 1. The molecule has 2 N–H and O–H groups in total. The fraction of sp³-hybridized carbons (Fsp3) is 0.478. The molecule has 6 rings (SSSR count). The number of hydrogen-bond donors (Lipinski definition) is 2. The number of ether oxygens (including phenoxy) is 3. The zero-order valence-corrected chi connectivity index (χ0v) is 18.7. The summed E-state index contributed by atoms with van der Waals surface area (Å²) < 4.78 is 15.7. The smallest absolute Gasteiger partial charge is 0.339 e. The standard InChI is InChI=1S/C23H27N5O5/c1-31-20-17(19(29)26-16-6-4-3-5-15(16)21(30)32-2)18(24-14-25-20)27-22-11-23(12-22,13-22)28-7-9-33-10-8-28/h3-6,14H,7-13H2,1-2H3,(H,26,29)(H,24,25,27). The summed E-state index contributed by atoms with van der Waals surface area (Å²) in [5.74, 6) is -0.427. The molecule has 4 aliphatic rings. The quantitative estimate of drug-likeness (QED) is 0.607. The van der Waals surface area contributed by atoms with E-state index in [1.165, 1.54) is 20.5 Å². The van der Waals surface area contributed by atoms with Gasteiger partial charge in [0, 0.05) is 24.2 Å². The Kier molecular flexibility index (Phi) is 5.41. The summed E-state index contributed by atoms with van der Waals surface area (Å²) in [6, 6.07) is 6.66. The van der Waals surface area contributed by atoms with Gasteiger partial charge in [-0.3, -0.25) is 9.69 Å². The maximum absolute atomic E-state index is 13.3. The summed E-state index contributed by atoms with van der Waals surface area (Å²) in [6.45, 7) is 3.49. The third-order valence-electron chi connectivity index (χ3n) is 6.88. The summed E-state index contributed by atoms with van der Waals surface area (Å²) in [6.07, 6.45) is 4.37. The first-order valence-corrected chi connectivity index (χ1v) is 11.0. The molecule has 1 aliphatic heterocycles. The van der Waals surface area contributed by atoms with Gasteiger partial charge in [0.1, 0.15) is 17.7 Å². The molecule has 3 aliphatic carbocycles. The average molecular weight is 453 g/mol. The molecule has 4 fully saturated rings. The molecule has 0 radical (unpaired) electrons. The van der Waals surface area contributed by atoms with Crippen LogP contribution in [-0.4, -0.2) is 78.3 Å². The highest BCUT2D eigenvalue weighted by Gasteiger charge is 2.70. The van der Waals surface area contributed by atoms with Crippen molar-refractivity contribution in [2.24, 2.45) is 0 Å². The van der Waals surface area contributed by atoms with E-state index in [2.05, 4.69) is 25.5 Å². The Morgan fingerprint density at radius 2 is 1.82 bits per heavy atom. The molecular formula is C23H27N5O5. The molecule has 10 nitrogen and oxygen atoms in total. The van der Waals surface area contributed by atoms with Gasteiger partial charge in [0.25, 0.3) is 5.91 Å². The van der Waals surface area contributed by atoms with E-state index in [-0.39, 0.29) is 28.1 Å². The number of nitrogens with one attached hydrogen (secondary N) is 2. The summed E-state index contributed by atoms with van der Waals surface area (Å²) in [7, 11) is 2.75. The van der Waals surface area contributed by atoms with Crippen molar-refractivity contribution >= 4 is 23.4 Å². The fourth-order valence-corrected chi connectivity index (χ4v) is 5.38. The van der Waals surface area contributed by atoms with Crippen LogP contribution in [-0.2, 0) is 9.47 Å². The predicted octanol–water partition coefficient (Wildman–Crippen LogP) is 1.94. The molecule has 2 aromatic rings. The van der Waals surface area contributed by atoms with Crippen LogP contribution in [0.1, 0.15) is 40.0 Å². The van der Waals surface area contributed by atoms with Gasteiger partial charge >= 0.3 is 5.97 Å². The van der Waals surface area contributed by atoms with Crippen molar-refractivity contribution in [1.29, 1.82) is 0 Å². The third-order valence-corrected chi connectivity index (χ3v) is 6.88. The Hall–Kier alpha value is -3.24. The summed E-state index contributed by atoms with van der Waals surface area (Å²) in [5.41, 5.74) is 0.935. The van der Waals surface area contributed by atoms with Gasteiger partial charge in [-0.05, 0) is 31.4 Å². The highest BCUT2D eigenvalue weighted by atomic mass is 16.5. The maximum atomic E-state index is 13.3. The lowest BCUT2D eigenvalue weighted by molar-refractivity contribution is -0.172. The number of para-hydroxylation sites is 1. The maximum Gasteiger partial charge on any atom is 0.339 e. The molecule has 3 saturated carbocycles. The fourth-order valence-electron chi connectivity index (χ4n) is 5.38. The number of benzene rings is 1. The highest BCUT2D eigenvalue weighted by Crippen LogP contribution is 2.65. The molecule has 0 spiro atoms. The van der Waals surface area contributed by atoms with E-state index in [1.807, 2.05) is 0 Å². The van der Waals surface area contributed by atoms with Crippen molar-refractivity contribution in [3.05, 3.63) is 41.7 Å². The largest absolute Gasteiger partial charge is 0.480 e. The number of carbonyl (C=O) groups is 2. The van der Waals surface area contributed by atoms with Crippen molar-refractivity contribution in [3.8, 4) is 5.88 Å². The van der Waals surface area contributed by atoms with Crippen molar-refractivity contribution in [2.75, 3.05) is 51.2 Å². The van der Waals surface area contributed by atoms with Gasteiger partial charge in [-0.2, -0.15) is 0 Å². The molecule has 2 bridgehead atoms. The molecule has 33 heavy (non-hydrogen) atoms. The Morgan fingerprint density at radius 1 is 1.09 bits per heavy atom. The number of anilines is 2. The SMILES string of the molecule is COC(=O)c1ccccc1NC(=O)c1c(NC23CC(N4CCOCC4)(C2)C3)ncnc1OC. The number of rotatable bonds is 7. The van der Waals surface area contributed by atoms with Crippen molar-refractivity contribution in [3.63, 3.8) is 0 Å². The van der Waals surface area contributed by atoms with Crippen molar-refractivity contribution in [2.45, 2.75) is 30.3 Å². The summed E-state index contributed by atoms with van der Waals surface area (Å²) >= 11 is 0. The van der Waals surface area contributed by atoms with E-state index in [0.717, 1.165) is 45.6 Å². The minimum Gasteiger partial charge on any atom is -0.480 e. The number of aromatic nitrogens is 2. The van der Waals surface area contributed by atoms with E-state index >= 15 is 0 Å². The molecule has 0 unspecified atom stereocenters. The van der Waals surface area contributed by atoms with Gasteiger partial charge in [0.15, 0.2) is 0 Å². The van der Waals surface area contributed by atoms with Crippen LogP contribution in [0, 0.1) is 0 Å². The first-order valence-electron chi connectivity index (χ1n) is 11.0. The Morgan fingerprint density at radius 3 is 2.52 bits per heavy atom. The second kappa shape index (κ2) is 8.27. The van der Waals surface area contributed by atoms with Gasteiger partial charge in [-0.25, -0.2) is 14.8 Å². The lowest BCUT2D eigenvalue weighted by Gasteiger charge is -2.74. The van der Waals surface area contributed by atoms with Crippen LogP contribution >= 0.6 is 0 Å². The number of carbonyl (C=O) groups excluding carboxylic acids is 2. The summed E-state index contributed by atoms with van der Waals surface area (Å²) in [4.78, 5) is 36.4. The van der Waals surface area contributed by atoms with Crippen molar-refractivity contribution < 1.29 is 23.8 Å². The van der Waals surface area contributed by atoms with Crippen LogP contribution in [0.25, 0.3) is 0 Å². The predicted molar refractivity (Wildman–Crippen MR) is 120 cm³/mol. The molecule has 1 aromatic carbocycles. The van der Waals surface area contributed by atoms with Crippen LogP contribution in [0.4, 0.5) is 11.5 Å². The normalized spacial score (nSPS) is 25.9. The Balaban J connectivity index is 1.35. The molecule has 2 heterocycles. The summed E-state index contributed by atoms with van der Waals surface area (Å²) in [5, 5.41) is 6.29. The first kappa shape index (κ1) is 21.6. The monoisotopic (exact) mass is 453 g/mol. The molecule has 10 heteroatoms. The molecule has 1 amide bonds. The van der Waals surface area contributed by atoms with Gasteiger partial charge in [0.2, 0.25) is 5.88 Å². The van der Waals surface area contributed by atoms with E-state index in [9.17, 15) is 9.59 Å². The Labute approximate surface area is 191 Å². The van der Waals surface area contributed by atoms with E-state index in [4.69, 9.17) is 14.2 Å². The van der Waals surface area contributed by atoms with Crippen LogP contribution in [0.5, 0.6) is 5.88 Å². The number of nitrogens with zero attached hydrogens (tertiary/aromatic N) is 3. The minimum absolute atomic E-state index is 0.0867. The highest BCUT2D eigenvalue weighted by molar-refractivity contribution is 6.11. The molecule has 1 aromatic heterocycles. The minimum atomic E-state index is -0.539. The van der Waals surface area contributed by atoms with Gasteiger partial charge in [-0.1, -0.05) is 12.1 Å². The number of methoxy groups -OCH3 is 2. The van der Waals surface area contributed by atoms with Crippen LogP contribution in [0.2, 0.25) is 0 Å². The van der Waals surface area contributed by atoms with E-state index in [0.29, 0.717) is 11.5 Å². The lowest BCUT2D eigenvalue weighted by Crippen LogP contribution is -2.82. The van der Waals surface area contributed by atoms with Crippen LogP contribution in [0.3, 0.4) is 0 Å². The Bertz CT molecular complexity index is 1060. The topological polar surface area (TPSA) is 115 Å². The third kappa shape index (κ3) is 3.68. The first-order chi connectivity index (χ1) is 16.0. The van der Waals surface area contributed by atoms with Gasteiger partial charge < -0.3 is 24.8 Å². The lowest BCUT2D eigenvalue weighted by atomic mass is 9.43. The van der Waals surface area contributed by atoms with Gasteiger partial charge in [-0.15, -0.1) is 0 Å². The molecule has 174 valence electrons. The van der Waals surface area contributed by atoms with E-state index < -0.39 is 11.9 Å². The molecular weight excluding hydrogens is 426 g/mol. The van der Waals surface area contributed by atoms with Crippen LogP contribution in [0.15, 0.2) is 30.6 Å². The van der Waals surface area contributed by atoms with Crippen LogP contribution < -0.4 is 15.4 Å². The second-order valence-corrected chi connectivity index (χ2v) is 8.86. The molecule has 1 saturated heterocycles. The zero-order chi connectivity index (χ0) is 23.1.